The second-order valence-electron chi connectivity index (χ2n) is 3.08. The molecule has 1 aliphatic carbocycles. The summed E-state index contributed by atoms with van der Waals surface area (Å²) in [7, 11) is 0. The Labute approximate surface area is 86.6 Å². The average Bonchev–Trinajstić information content (AvgIpc) is 2.78. The van der Waals surface area contributed by atoms with Crippen LogP contribution in [0.2, 0.25) is 0 Å². The van der Waals surface area contributed by atoms with Crippen molar-refractivity contribution in [1.29, 1.82) is 0 Å². The molecule has 1 saturated carbocycles. The monoisotopic (exact) mass is 213 g/mol. The van der Waals surface area contributed by atoms with Crippen LogP contribution in [0.25, 0.3) is 0 Å². The van der Waals surface area contributed by atoms with Gasteiger partial charge in [0, 0.05) is 11.4 Å². The molecule has 1 fully saturated rings. The lowest BCUT2D eigenvalue weighted by Crippen LogP contribution is -2.36. The second-order valence-corrected chi connectivity index (χ2v) is 4.21. The molecule has 70 valence electrons. The van der Waals surface area contributed by atoms with Gasteiger partial charge in [-0.05, 0) is 25.1 Å². The van der Waals surface area contributed by atoms with Crippen molar-refractivity contribution in [3.05, 3.63) is 16.6 Å². The van der Waals surface area contributed by atoms with Crippen LogP contribution in [0.4, 0.5) is 0 Å². The van der Waals surface area contributed by atoms with Gasteiger partial charge >= 0.3 is 0 Å². The van der Waals surface area contributed by atoms with E-state index in [2.05, 4.69) is 15.6 Å². The summed E-state index contributed by atoms with van der Waals surface area (Å²) in [6.45, 7) is 0.724. The van der Waals surface area contributed by atoms with E-state index in [1.165, 1.54) is 12.8 Å². The Bertz CT molecular complexity index is 280. The lowest BCUT2D eigenvalue weighted by molar-refractivity contribution is 0.817. The van der Waals surface area contributed by atoms with E-state index in [0.717, 1.165) is 17.4 Å². The first-order valence-corrected chi connectivity index (χ1v) is 5.61. The minimum absolute atomic E-state index is 0.621. The molecule has 0 aromatic carbocycles. The molecule has 0 saturated heterocycles. The van der Waals surface area contributed by atoms with Gasteiger partial charge < -0.3 is 10.6 Å². The normalized spacial score (nSPS) is 15.4. The first-order valence-electron chi connectivity index (χ1n) is 4.26. The van der Waals surface area contributed by atoms with Crippen LogP contribution >= 0.6 is 23.6 Å². The van der Waals surface area contributed by atoms with Crippen molar-refractivity contribution in [3.8, 4) is 0 Å². The van der Waals surface area contributed by atoms with Crippen molar-refractivity contribution in [2.24, 2.45) is 0 Å². The Morgan fingerprint density at radius 3 is 3.15 bits per heavy atom. The summed E-state index contributed by atoms with van der Waals surface area (Å²) in [5.74, 6) is 0. The summed E-state index contributed by atoms with van der Waals surface area (Å²) in [6, 6.07) is 0.621. The number of thiocarbonyl (C=S) groups is 1. The van der Waals surface area contributed by atoms with E-state index < -0.39 is 0 Å². The maximum Gasteiger partial charge on any atom is 0.166 e. The van der Waals surface area contributed by atoms with E-state index in [9.17, 15) is 0 Å². The lowest BCUT2D eigenvalue weighted by atomic mass is 10.5. The maximum atomic E-state index is 5.10. The number of aromatic nitrogens is 1. The van der Waals surface area contributed by atoms with Gasteiger partial charge in [0.25, 0.3) is 0 Å². The van der Waals surface area contributed by atoms with Crippen LogP contribution in [0, 0.1) is 0 Å². The highest BCUT2D eigenvalue weighted by atomic mass is 32.1. The molecule has 3 nitrogen and oxygen atoms in total. The van der Waals surface area contributed by atoms with Gasteiger partial charge in [-0.1, -0.05) is 0 Å². The highest BCUT2D eigenvalue weighted by Crippen LogP contribution is 2.18. The maximum absolute atomic E-state index is 5.10. The molecule has 2 N–H and O–H groups in total. The van der Waals surface area contributed by atoms with Crippen LogP contribution in [0.15, 0.2) is 10.9 Å². The number of hydrogen-bond acceptors (Lipinski definition) is 3. The molecule has 1 heterocycles. The number of hydrogen-bond donors (Lipinski definition) is 2. The quantitative estimate of drug-likeness (QED) is 0.741. The lowest BCUT2D eigenvalue weighted by Gasteiger charge is -2.07. The molecule has 1 aliphatic rings. The van der Waals surface area contributed by atoms with Gasteiger partial charge in [-0.2, -0.15) is 0 Å². The average molecular weight is 213 g/mol. The Kier molecular flexibility index (Phi) is 2.75. The minimum Gasteiger partial charge on any atom is -0.360 e. The molecule has 0 aliphatic heterocycles. The standard InChI is InChI=1S/C8H11N3S2/c12-8(11-6-1-2-6)9-3-7-4-13-5-10-7/h4-6H,1-3H2,(H2,9,11,12). The number of rotatable bonds is 3. The first-order chi connectivity index (χ1) is 6.34. The van der Waals surface area contributed by atoms with Crippen molar-refractivity contribution in [2.75, 3.05) is 0 Å². The zero-order valence-electron chi connectivity index (χ0n) is 7.12. The zero-order valence-corrected chi connectivity index (χ0v) is 8.75. The van der Waals surface area contributed by atoms with Gasteiger partial charge in [0.05, 0.1) is 17.7 Å². The van der Waals surface area contributed by atoms with E-state index in [1.807, 2.05) is 10.9 Å². The fourth-order valence-corrected chi connectivity index (χ4v) is 1.76. The summed E-state index contributed by atoms with van der Waals surface area (Å²) in [4.78, 5) is 4.15. The molecule has 2 rings (SSSR count). The molecular formula is C8H11N3S2. The molecule has 1 aromatic rings. The van der Waals surface area contributed by atoms with Crippen molar-refractivity contribution in [3.63, 3.8) is 0 Å². The van der Waals surface area contributed by atoms with Gasteiger partial charge in [-0.15, -0.1) is 11.3 Å². The molecule has 1 aromatic heterocycles. The summed E-state index contributed by atoms with van der Waals surface area (Å²) in [6.07, 6.45) is 2.50. The van der Waals surface area contributed by atoms with E-state index in [1.54, 1.807) is 11.3 Å². The third-order valence-electron chi connectivity index (χ3n) is 1.83. The summed E-state index contributed by atoms with van der Waals surface area (Å²) < 4.78 is 0. The number of thiazole rings is 1. The van der Waals surface area contributed by atoms with Crippen LogP contribution in [0.5, 0.6) is 0 Å². The van der Waals surface area contributed by atoms with Crippen molar-refractivity contribution in [2.45, 2.75) is 25.4 Å². The van der Waals surface area contributed by atoms with Crippen molar-refractivity contribution >= 4 is 28.7 Å². The van der Waals surface area contributed by atoms with E-state index in [0.29, 0.717) is 6.04 Å². The van der Waals surface area contributed by atoms with E-state index in [4.69, 9.17) is 12.2 Å². The summed E-state index contributed by atoms with van der Waals surface area (Å²) in [5, 5.41) is 9.10. The highest BCUT2D eigenvalue weighted by Gasteiger charge is 2.21. The molecule has 0 atom stereocenters. The Morgan fingerprint density at radius 2 is 2.54 bits per heavy atom. The third-order valence-corrected chi connectivity index (χ3v) is 2.72. The van der Waals surface area contributed by atoms with Gasteiger partial charge in [-0.25, -0.2) is 4.98 Å². The van der Waals surface area contributed by atoms with Crippen molar-refractivity contribution in [1.82, 2.24) is 15.6 Å². The number of nitrogens with one attached hydrogen (secondary N) is 2. The minimum atomic E-state index is 0.621. The smallest absolute Gasteiger partial charge is 0.166 e. The largest absolute Gasteiger partial charge is 0.360 e. The van der Waals surface area contributed by atoms with Crippen LogP contribution < -0.4 is 10.6 Å². The second kappa shape index (κ2) is 4.02. The van der Waals surface area contributed by atoms with Crippen LogP contribution in [-0.2, 0) is 6.54 Å². The predicted molar refractivity (Wildman–Crippen MR) is 57.7 cm³/mol. The molecule has 0 unspecified atom stereocenters. The molecule has 0 spiro atoms. The third kappa shape index (κ3) is 2.93. The Balaban J connectivity index is 1.69. The van der Waals surface area contributed by atoms with Gasteiger partial charge in [0.15, 0.2) is 5.11 Å². The number of nitrogens with zero attached hydrogens (tertiary/aromatic N) is 1. The van der Waals surface area contributed by atoms with Crippen LogP contribution in [0.3, 0.4) is 0 Å². The molecular weight excluding hydrogens is 202 g/mol. The SMILES string of the molecule is S=C(NCc1cscn1)NC1CC1. The molecule has 0 amide bonds. The van der Waals surface area contributed by atoms with Crippen LogP contribution in [0.1, 0.15) is 18.5 Å². The van der Waals surface area contributed by atoms with Gasteiger partial charge in [0.1, 0.15) is 0 Å². The van der Waals surface area contributed by atoms with Crippen LogP contribution in [-0.4, -0.2) is 16.1 Å². The van der Waals surface area contributed by atoms with E-state index in [-0.39, 0.29) is 0 Å². The van der Waals surface area contributed by atoms with Gasteiger partial charge in [0.2, 0.25) is 0 Å². The fraction of sp³-hybridized carbons (Fsp3) is 0.500. The van der Waals surface area contributed by atoms with E-state index >= 15 is 0 Å². The Hall–Kier alpha value is -0.680. The predicted octanol–water partition coefficient (Wildman–Crippen LogP) is 1.27. The molecule has 0 bridgehead atoms. The molecule has 5 heteroatoms. The summed E-state index contributed by atoms with van der Waals surface area (Å²) in [5.41, 5.74) is 2.87. The first kappa shape index (κ1) is 8.90. The highest BCUT2D eigenvalue weighted by molar-refractivity contribution is 7.80. The Morgan fingerprint density at radius 1 is 1.69 bits per heavy atom. The molecule has 13 heavy (non-hydrogen) atoms. The summed E-state index contributed by atoms with van der Waals surface area (Å²) >= 11 is 6.70. The van der Waals surface area contributed by atoms with Crippen molar-refractivity contribution < 1.29 is 0 Å². The fourth-order valence-electron chi connectivity index (χ4n) is 0.960. The van der Waals surface area contributed by atoms with Gasteiger partial charge in [-0.3, -0.25) is 0 Å². The topological polar surface area (TPSA) is 37.0 Å². The molecule has 0 radical (unpaired) electrons. The zero-order chi connectivity index (χ0) is 9.10.